The molecule has 1 saturated carbocycles. The predicted octanol–water partition coefficient (Wildman–Crippen LogP) is 1.45. The second-order valence-electron chi connectivity index (χ2n) is 4.02. The third-order valence-corrected chi connectivity index (χ3v) is 3.30. The highest BCUT2D eigenvalue weighted by Gasteiger charge is 2.71. The van der Waals surface area contributed by atoms with Crippen LogP contribution < -0.4 is 0 Å². The summed E-state index contributed by atoms with van der Waals surface area (Å²) in [4.78, 5) is 2.04. The first-order chi connectivity index (χ1) is 6.19. The van der Waals surface area contributed by atoms with E-state index < -0.39 is 5.92 Å². The van der Waals surface area contributed by atoms with Gasteiger partial charge in [0, 0.05) is 19.5 Å². The molecule has 0 bridgehead atoms. The Labute approximate surface area is 75.2 Å². The molecule has 1 saturated heterocycles. The van der Waals surface area contributed by atoms with Crippen molar-refractivity contribution < 1.29 is 13.5 Å². The number of rotatable bonds is 1. The highest BCUT2D eigenvalue weighted by Crippen LogP contribution is 2.59. The Morgan fingerprint density at radius 1 is 1.38 bits per heavy atom. The minimum Gasteiger partial charge on any atom is -0.499 e. The van der Waals surface area contributed by atoms with E-state index in [0.717, 1.165) is 12.1 Å². The molecule has 0 amide bonds. The molecule has 0 aromatic carbocycles. The van der Waals surface area contributed by atoms with Gasteiger partial charge < -0.3 is 9.64 Å². The predicted molar refractivity (Wildman–Crippen MR) is 42.2 cm³/mol. The van der Waals surface area contributed by atoms with Crippen LogP contribution in [-0.2, 0) is 4.74 Å². The molecule has 2 aliphatic heterocycles. The molecule has 0 N–H and O–H groups in total. The van der Waals surface area contributed by atoms with E-state index in [-0.39, 0.29) is 11.8 Å². The van der Waals surface area contributed by atoms with Crippen molar-refractivity contribution in [2.75, 3.05) is 19.7 Å². The van der Waals surface area contributed by atoms with Crippen molar-refractivity contribution in [2.45, 2.75) is 12.3 Å². The summed E-state index contributed by atoms with van der Waals surface area (Å²) in [5, 5.41) is 0. The molecule has 3 aliphatic rings. The van der Waals surface area contributed by atoms with Gasteiger partial charge in [-0.2, -0.15) is 0 Å². The highest BCUT2D eigenvalue weighted by atomic mass is 19.3. The standard InChI is InChI=1S/C9H11F2NO/c10-9(11)7-3-12(4-8(7)9)6-1-2-13-5-6/h5,7-8H,1-4H2. The summed E-state index contributed by atoms with van der Waals surface area (Å²) in [7, 11) is 0. The van der Waals surface area contributed by atoms with Gasteiger partial charge >= 0.3 is 0 Å². The van der Waals surface area contributed by atoms with E-state index in [1.807, 2.05) is 4.90 Å². The largest absolute Gasteiger partial charge is 0.499 e. The fraction of sp³-hybridized carbons (Fsp3) is 0.778. The molecule has 1 aliphatic carbocycles. The topological polar surface area (TPSA) is 12.5 Å². The summed E-state index contributed by atoms with van der Waals surface area (Å²) in [5.41, 5.74) is 1.10. The maximum Gasteiger partial charge on any atom is 0.258 e. The van der Waals surface area contributed by atoms with Crippen molar-refractivity contribution in [2.24, 2.45) is 11.8 Å². The number of halogens is 2. The lowest BCUT2D eigenvalue weighted by Crippen LogP contribution is -2.26. The van der Waals surface area contributed by atoms with Gasteiger partial charge in [-0.1, -0.05) is 0 Å². The lowest BCUT2D eigenvalue weighted by molar-refractivity contribution is 0.0592. The Kier molecular flexibility index (Phi) is 1.26. The first kappa shape index (κ1) is 7.59. The molecular formula is C9H11F2NO. The zero-order valence-corrected chi connectivity index (χ0v) is 7.17. The lowest BCUT2D eigenvalue weighted by atomic mass is 10.3. The monoisotopic (exact) mass is 187 g/mol. The maximum atomic E-state index is 12.8. The highest BCUT2D eigenvalue weighted by molar-refractivity contribution is 5.17. The van der Waals surface area contributed by atoms with E-state index in [1.54, 1.807) is 6.26 Å². The minimum absolute atomic E-state index is 0.381. The van der Waals surface area contributed by atoms with Crippen molar-refractivity contribution in [3.63, 3.8) is 0 Å². The SMILES string of the molecule is FC1(F)C2CN(C3=COCC3)CC21. The van der Waals surface area contributed by atoms with Gasteiger partial charge in [-0.05, 0) is 0 Å². The van der Waals surface area contributed by atoms with Crippen molar-refractivity contribution in [3.05, 3.63) is 12.0 Å². The molecular weight excluding hydrogens is 176 g/mol. The number of hydrogen-bond donors (Lipinski definition) is 0. The molecule has 0 spiro atoms. The fourth-order valence-corrected chi connectivity index (χ4v) is 2.35. The summed E-state index contributed by atoms with van der Waals surface area (Å²) >= 11 is 0. The van der Waals surface area contributed by atoms with Crippen LogP contribution in [0.3, 0.4) is 0 Å². The van der Waals surface area contributed by atoms with Crippen molar-refractivity contribution in [3.8, 4) is 0 Å². The molecule has 0 aromatic heterocycles. The number of hydrogen-bond acceptors (Lipinski definition) is 2. The number of fused-ring (bicyclic) bond motifs is 1. The number of nitrogens with zero attached hydrogens (tertiary/aromatic N) is 1. The smallest absolute Gasteiger partial charge is 0.258 e. The third-order valence-electron chi connectivity index (χ3n) is 3.30. The van der Waals surface area contributed by atoms with E-state index in [9.17, 15) is 8.78 Å². The van der Waals surface area contributed by atoms with Gasteiger partial charge in [0.25, 0.3) is 5.92 Å². The molecule has 2 nitrogen and oxygen atoms in total. The van der Waals surface area contributed by atoms with Crippen LogP contribution in [0.5, 0.6) is 0 Å². The zero-order chi connectivity index (χ0) is 9.05. The second-order valence-corrected chi connectivity index (χ2v) is 4.02. The lowest BCUT2D eigenvalue weighted by Gasteiger charge is -2.21. The van der Waals surface area contributed by atoms with Crippen LogP contribution in [0, 0.1) is 11.8 Å². The first-order valence-electron chi connectivity index (χ1n) is 4.63. The Morgan fingerprint density at radius 3 is 2.62 bits per heavy atom. The van der Waals surface area contributed by atoms with Crippen molar-refractivity contribution in [1.82, 2.24) is 4.90 Å². The van der Waals surface area contributed by atoms with Crippen LogP contribution in [0.2, 0.25) is 0 Å². The van der Waals surface area contributed by atoms with Crippen LogP contribution in [0.15, 0.2) is 12.0 Å². The van der Waals surface area contributed by atoms with Crippen molar-refractivity contribution in [1.29, 1.82) is 0 Å². The molecule has 2 unspecified atom stereocenters. The molecule has 2 heterocycles. The van der Waals surface area contributed by atoms with Crippen molar-refractivity contribution >= 4 is 0 Å². The van der Waals surface area contributed by atoms with Gasteiger partial charge in [0.2, 0.25) is 0 Å². The zero-order valence-electron chi connectivity index (χ0n) is 7.17. The molecule has 2 atom stereocenters. The van der Waals surface area contributed by atoms with Crippen LogP contribution >= 0.6 is 0 Å². The molecule has 3 rings (SSSR count). The van der Waals surface area contributed by atoms with Gasteiger partial charge in [-0.25, -0.2) is 8.78 Å². The molecule has 2 fully saturated rings. The van der Waals surface area contributed by atoms with Crippen LogP contribution in [0.4, 0.5) is 8.78 Å². The first-order valence-corrected chi connectivity index (χ1v) is 4.63. The molecule has 0 radical (unpaired) electrons. The van der Waals surface area contributed by atoms with E-state index >= 15 is 0 Å². The minimum atomic E-state index is -2.36. The Balaban J connectivity index is 1.68. The van der Waals surface area contributed by atoms with E-state index in [2.05, 4.69) is 0 Å². The Morgan fingerprint density at radius 2 is 2.08 bits per heavy atom. The number of likely N-dealkylation sites (tertiary alicyclic amines) is 1. The van der Waals surface area contributed by atoms with Gasteiger partial charge in [0.05, 0.1) is 24.1 Å². The van der Waals surface area contributed by atoms with Crippen LogP contribution in [0.25, 0.3) is 0 Å². The average Bonchev–Trinajstić information content (AvgIpc) is 2.64. The van der Waals surface area contributed by atoms with Crippen LogP contribution in [0.1, 0.15) is 6.42 Å². The third kappa shape index (κ3) is 0.914. The van der Waals surface area contributed by atoms with Gasteiger partial charge in [-0.15, -0.1) is 0 Å². The number of ether oxygens (including phenoxy) is 1. The fourth-order valence-electron chi connectivity index (χ4n) is 2.35. The van der Waals surface area contributed by atoms with Gasteiger partial charge in [0.15, 0.2) is 0 Å². The van der Waals surface area contributed by atoms with Gasteiger partial charge in [-0.3, -0.25) is 0 Å². The summed E-state index contributed by atoms with van der Waals surface area (Å²) in [6.45, 7) is 1.75. The maximum absolute atomic E-state index is 12.8. The molecule has 4 heteroatoms. The molecule has 13 heavy (non-hydrogen) atoms. The van der Waals surface area contributed by atoms with E-state index in [1.165, 1.54) is 0 Å². The quantitative estimate of drug-likeness (QED) is 0.616. The number of alkyl halides is 2. The molecule has 0 aromatic rings. The summed E-state index contributed by atoms with van der Waals surface area (Å²) in [5.74, 6) is -3.13. The summed E-state index contributed by atoms with van der Waals surface area (Å²) in [6.07, 6.45) is 2.59. The van der Waals surface area contributed by atoms with E-state index in [0.29, 0.717) is 19.7 Å². The van der Waals surface area contributed by atoms with Gasteiger partial charge in [0.1, 0.15) is 6.26 Å². The summed E-state index contributed by atoms with van der Waals surface area (Å²) < 4.78 is 30.7. The molecule has 72 valence electrons. The van der Waals surface area contributed by atoms with E-state index in [4.69, 9.17) is 4.74 Å². The summed E-state index contributed by atoms with van der Waals surface area (Å²) in [6, 6.07) is 0. The second kappa shape index (κ2) is 2.16. The van der Waals surface area contributed by atoms with Crippen LogP contribution in [-0.4, -0.2) is 30.5 Å². The Bertz CT molecular complexity index is 263. The number of piperidine rings is 1. The average molecular weight is 187 g/mol. The normalized spacial score (nSPS) is 39.8. The Hall–Kier alpha value is -0.800.